The molecule has 0 spiro atoms. The molecule has 1 rings (SSSR count). The first kappa shape index (κ1) is 14.5. The highest BCUT2D eigenvalue weighted by molar-refractivity contribution is 4.99. The van der Waals surface area contributed by atoms with E-state index in [4.69, 9.17) is 0 Å². The summed E-state index contributed by atoms with van der Waals surface area (Å²) in [7, 11) is 4.46. The minimum atomic E-state index is 0.534. The third-order valence-electron chi connectivity index (χ3n) is 3.55. The van der Waals surface area contributed by atoms with Crippen molar-refractivity contribution in [1.29, 1.82) is 0 Å². The third-order valence-corrected chi connectivity index (χ3v) is 3.55. The molecule has 1 N–H and O–H groups in total. The molecule has 0 bridgehead atoms. The van der Waals surface area contributed by atoms with Gasteiger partial charge < -0.3 is 15.1 Å². The van der Waals surface area contributed by atoms with Crippen LogP contribution in [0.25, 0.3) is 0 Å². The molecule has 2 unspecified atom stereocenters. The van der Waals surface area contributed by atoms with Gasteiger partial charge in [0.05, 0.1) is 0 Å². The Kier molecular flexibility index (Phi) is 6.57. The SMILES string of the molecule is CC#CCC(CC1CN(C)CCN1C)NCC. The van der Waals surface area contributed by atoms with E-state index in [0.29, 0.717) is 12.1 Å². The van der Waals surface area contributed by atoms with Crippen LogP contribution in [0.4, 0.5) is 0 Å². The second kappa shape index (κ2) is 7.71. The van der Waals surface area contributed by atoms with Gasteiger partial charge in [0.15, 0.2) is 0 Å². The van der Waals surface area contributed by atoms with E-state index >= 15 is 0 Å². The average molecular weight is 237 g/mol. The van der Waals surface area contributed by atoms with Crippen molar-refractivity contribution in [3.05, 3.63) is 0 Å². The molecular weight excluding hydrogens is 210 g/mol. The van der Waals surface area contributed by atoms with Crippen molar-refractivity contribution in [1.82, 2.24) is 15.1 Å². The van der Waals surface area contributed by atoms with E-state index in [-0.39, 0.29) is 0 Å². The smallest absolute Gasteiger partial charge is 0.0243 e. The minimum absolute atomic E-state index is 0.534. The van der Waals surface area contributed by atoms with Gasteiger partial charge in [0.25, 0.3) is 0 Å². The van der Waals surface area contributed by atoms with Crippen LogP contribution >= 0.6 is 0 Å². The van der Waals surface area contributed by atoms with Gasteiger partial charge in [-0.3, -0.25) is 0 Å². The molecule has 1 fully saturated rings. The maximum Gasteiger partial charge on any atom is 0.0243 e. The van der Waals surface area contributed by atoms with Gasteiger partial charge in [0.2, 0.25) is 0 Å². The lowest BCUT2D eigenvalue weighted by Gasteiger charge is -2.39. The van der Waals surface area contributed by atoms with Crippen LogP contribution in [0, 0.1) is 11.8 Å². The molecule has 1 saturated heterocycles. The van der Waals surface area contributed by atoms with E-state index in [1.807, 2.05) is 6.92 Å². The van der Waals surface area contributed by atoms with Crippen LogP contribution in [0.1, 0.15) is 26.7 Å². The monoisotopic (exact) mass is 237 g/mol. The predicted molar refractivity (Wildman–Crippen MR) is 74.1 cm³/mol. The van der Waals surface area contributed by atoms with E-state index in [1.54, 1.807) is 0 Å². The van der Waals surface area contributed by atoms with Crippen LogP contribution in [0.2, 0.25) is 0 Å². The van der Waals surface area contributed by atoms with Crippen molar-refractivity contribution in [2.45, 2.75) is 38.8 Å². The number of piperazine rings is 1. The molecule has 2 atom stereocenters. The number of hydrogen-bond donors (Lipinski definition) is 1. The molecular formula is C14H27N3. The number of rotatable bonds is 5. The van der Waals surface area contributed by atoms with Crippen LogP contribution in [-0.2, 0) is 0 Å². The van der Waals surface area contributed by atoms with E-state index in [2.05, 4.69) is 48.0 Å². The Morgan fingerprint density at radius 2 is 2.12 bits per heavy atom. The molecule has 3 heteroatoms. The second-order valence-corrected chi connectivity index (χ2v) is 5.02. The molecule has 0 amide bonds. The van der Waals surface area contributed by atoms with E-state index in [1.165, 1.54) is 26.1 Å². The third kappa shape index (κ3) is 5.08. The van der Waals surface area contributed by atoms with E-state index in [9.17, 15) is 0 Å². The van der Waals surface area contributed by atoms with Gasteiger partial charge in [-0.25, -0.2) is 0 Å². The van der Waals surface area contributed by atoms with Crippen molar-refractivity contribution in [3.63, 3.8) is 0 Å². The number of nitrogens with one attached hydrogen (secondary N) is 1. The highest BCUT2D eigenvalue weighted by atomic mass is 15.3. The molecule has 1 heterocycles. The average Bonchev–Trinajstić information content (AvgIpc) is 2.31. The molecule has 0 radical (unpaired) electrons. The Morgan fingerprint density at radius 1 is 1.35 bits per heavy atom. The number of likely N-dealkylation sites (N-methyl/N-ethyl adjacent to an activating group) is 2. The quantitative estimate of drug-likeness (QED) is 0.720. The summed E-state index contributed by atoms with van der Waals surface area (Å²) < 4.78 is 0. The van der Waals surface area contributed by atoms with E-state index < -0.39 is 0 Å². The highest BCUT2D eigenvalue weighted by Gasteiger charge is 2.24. The Balaban J connectivity index is 2.47. The van der Waals surface area contributed by atoms with Crippen molar-refractivity contribution in [3.8, 4) is 11.8 Å². The van der Waals surface area contributed by atoms with Crippen molar-refractivity contribution in [2.24, 2.45) is 0 Å². The molecule has 0 aromatic carbocycles. The fourth-order valence-corrected chi connectivity index (χ4v) is 2.44. The molecule has 0 aliphatic carbocycles. The first-order valence-electron chi connectivity index (χ1n) is 6.69. The molecule has 98 valence electrons. The van der Waals surface area contributed by atoms with Crippen LogP contribution in [0.3, 0.4) is 0 Å². The fourth-order valence-electron chi connectivity index (χ4n) is 2.44. The Bertz CT molecular complexity index is 266. The summed E-state index contributed by atoms with van der Waals surface area (Å²) in [5.41, 5.74) is 0. The summed E-state index contributed by atoms with van der Waals surface area (Å²) in [6.45, 7) is 8.67. The Labute approximate surface area is 107 Å². The zero-order chi connectivity index (χ0) is 12.7. The van der Waals surface area contributed by atoms with Crippen molar-refractivity contribution >= 4 is 0 Å². The lowest BCUT2D eigenvalue weighted by Crippen LogP contribution is -2.52. The van der Waals surface area contributed by atoms with Gasteiger partial charge in [-0.15, -0.1) is 11.8 Å². The van der Waals surface area contributed by atoms with Gasteiger partial charge in [0, 0.05) is 38.1 Å². The zero-order valence-electron chi connectivity index (χ0n) is 11.8. The molecule has 0 saturated carbocycles. The molecule has 17 heavy (non-hydrogen) atoms. The molecule has 0 aromatic rings. The summed E-state index contributed by atoms with van der Waals surface area (Å²) in [6.07, 6.45) is 2.17. The standard InChI is InChI=1S/C14H27N3/c1-5-7-8-13(15-6-2)11-14-12-16(3)9-10-17(14)4/h13-15H,6,8-12H2,1-4H3. The summed E-state index contributed by atoms with van der Waals surface area (Å²) in [5, 5.41) is 3.55. The topological polar surface area (TPSA) is 18.5 Å². The lowest BCUT2D eigenvalue weighted by molar-refractivity contribution is 0.101. The van der Waals surface area contributed by atoms with Crippen molar-refractivity contribution in [2.75, 3.05) is 40.3 Å². The lowest BCUT2D eigenvalue weighted by atomic mass is 10.0. The van der Waals surface area contributed by atoms with Gasteiger partial charge in [-0.05, 0) is 34.0 Å². The second-order valence-electron chi connectivity index (χ2n) is 5.02. The fraction of sp³-hybridized carbons (Fsp3) is 0.857. The normalized spacial score (nSPS) is 24.1. The van der Waals surface area contributed by atoms with Crippen LogP contribution in [-0.4, -0.2) is 62.2 Å². The molecule has 1 aliphatic rings. The van der Waals surface area contributed by atoms with E-state index in [0.717, 1.165) is 13.0 Å². The first-order chi connectivity index (χ1) is 8.17. The van der Waals surface area contributed by atoms with Gasteiger partial charge >= 0.3 is 0 Å². The summed E-state index contributed by atoms with van der Waals surface area (Å²) in [6, 6.07) is 1.20. The van der Waals surface area contributed by atoms with Crippen LogP contribution in [0.15, 0.2) is 0 Å². The summed E-state index contributed by atoms with van der Waals surface area (Å²) in [4.78, 5) is 4.92. The maximum atomic E-state index is 3.55. The predicted octanol–water partition coefficient (Wildman–Crippen LogP) is 1.01. The molecule has 3 nitrogen and oxygen atoms in total. The van der Waals surface area contributed by atoms with Crippen molar-refractivity contribution < 1.29 is 0 Å². The molecule has 1 aliphatic heterocycles. The van der Waals surface area contributed by atoms with Gasteiger partial charge in [-0.2, -0.15) is 0 Å². The molecule has 0 aromatic heterocycles. The zero-order valence-corrected chi connectivity index (χ0v) is 11.8. The first-order valence-corrected chi connectivity index (χ1v) is 6.69. The maximum absolute atomic E-state index is 3.55. The van der Waals surface area contributed by atoms with Gasteiger partial charge in [-0.1, -0.05) is 6.92 Å². The number of nitrogens with zero attached hydrogens (tertiary/aromatic N) is 2. The number of hydrogen-bond acceptors (Lipinski definition) is 3. The summed E-state index contributed by atoms with van der Waals surface area (Å²) in [5.74, 6) is 6.20. The minimum Gasteiger partial charge on any atom is -0.313 e. The Morgan fingerprint density at radius 3 is 2.76 bits per heavy atom. The highest BCUT2D eigenvalue weighted by Crippen LogP contribution is 2.13. The summed E-state index contributed by atoms with van der Waals surface area (Å²) >= 11 is 0. The Hall–Kier alpha value is -0.560. The van der Waals surface area contributed by atoms with Crippen LogP contribution in [0.5, 0.6) is 0 Å². The largest absolute Gasteiger partial charge is 0.313 e. The van der Waals surface area contributed by atoms with Crippen LogP contribution < -0.4 is 5.32 Å². The van der Waals surface area contributed by atoms with Gasteiger partial charge in [0.1, 0.15) is 0 Å².